The molecule has 0 saturated carbocycles. The molecular weight excluding hydrogens is 273 g/mol. The topological polar surface area (TPSA) is 66.4 Å². The number of carbonyl (C=O) groups excluding carboxylic acids is 1. The van der Waals surface area contributed by atoms with E-state index in [-0.39, 0.29) is 11.6 Å². The van der Waals surface area contributed by atoms with Crippen LogP contribution < -0.4 is 5.32 Å². The molecule has 1 amide bonds. The Morgan fingerprint density at radius 2 is 1.81 bits per heavy atom. The third-order valence-electron chi connectivity index (χ3n) is 3.16. The zero-order chi connectivity index (χ0) is 15.4. The Kier molecular flexibility index (Phi) is 4.33. The van der Waals surface area contributed by atoms with E-state index in [0.717, 1.165) is 17.7 Å². The molecule has 4 nitrogen and oxygen atoms in total. The van der Waals surface area contributed by atoms with E-state index >= 15 is 0 Å². The molecule has 0 aliphatic heterocycles. The van der Waals surface area contributed by atoms with Crippen LogP contribution in [0.25, 0.3) is 0 Å². The highest BCUT2D eigenvalue weighted by Gasteiger charge is 2.16. The highest BCUT2D eigenvalue weighted by Crippen LogP contribution is 2.19. The first-order valence-corrected chi connectivity index (χ1v) is 6.37. The minimum absolute atomic E-state index is 0.227. The monoisotopic (exact) mass is 287 g/mol. The highest BCUT2D eigenvalue weighted by molar-refractivity contribution is 5.96. The number of benzene rings is 2. The summed E-state index contributed by atoms with van der Waals surface area (Å²) in [4.78, 5) is 22.8. The minimum atomic E-state index is -1.34. The minimum Gasteiger partial charge on any atom is -0.478 e. The zero-order valence-electron chi connectivity index (χ0n) is 11.3. The van der Waals surface area contributed by atoms with Crippen LogP contribution in [0.15, 0.2) is 48.5 Å². The van der Waals surface area contributed by atoms with Crippen molar-refractivity contribution in [2.45, 2.75) is 12.8 Å². The number of carboxylic acid groups (broad SMARTS) is 1. The molecule has 108 valence electrons. The molecule has 2 rings (SSSR count). The molecule has 2 aromatic rings. The molecule has 0 radical (unpaired) electrons. The summed E-state index contributed by atoms with van der Waals surface area (Å²) >= 11 is 0. The Bertz CT molecular complexity index is 670. The number of rotatable bonds is 4. The van der Waals surface area contributed by atoms with Crippen LogP contribution in [0.4, 0.5) is 10.1 Å². The molecule has 0 saturated heterocycles. The van der Waals surface area contributed by atoms with Gasteiger partial charge in [-0.2, -0.15) is 0 Å². The molecule has 0 aliphatic carbocycles. The zero-order valence-corrected chi connectivity index (χ0v) is 11.3. The molecule has 5 heteroatoms. The van der Waals surface area contributed by atoms with E-state index < -0.39 is 23.3 Å². The SMILES string of the molecule is CC(C(=O)Nc1ccc(C(=O)O)c(F)c1)c1ccccc1. The summed E-state index contributed by atoms with van der Waals surface area (Å²) in [5, 5.41) is 11.3. The smallest absolute Gasteiger partial charge is 0.338 e. The Balaban J connectivity index is 2.13. The van der Waals surface area contributed by atoms with Crippen molar-refractivity contribution in [2.24, 2.45) is 0 Å². The number of anilines is 1. The molecular formula is C16H14FNO3. The van der Waals surface area contributed by atoms with Crippen LogP contribution in [0.3, 0.4) is 0 Å². The van der Waals surface area contributed by atoms with Crippen molar-refractivity contribution in [3.63, 3.8) is 0 Å². The van der Waals surface area contributed by atoms with Gasteiger partial charge in [-0.3, -0.25) is 4.79 Å². The number of halogens is 1. The second kappa shape index (κ2) is 6.17. The number of hydrogen-bond acceptors (Lipinski definition) is 2. The van der Waals surface area contributed by atoms with E-state index in [2.05, 4.69) is 5.32 Å². The molecule has 1 atom stereocenters. The summed E-state index contributed by atoms with van der Waals surface area (Å²) in [5.74, 6) is -2.91. The average molecular weight is 287 g/mol. The second-order valence-electron chi connectivity index (χ2n) is 4.62. The molecule has 1 unspecified atom stereocenters. The first-order valence-electron chi connectivity index (χ1n) is 6.37. The van der Waals surface area contributed by atoms with Crippen LogP contribution in [0.2, 0.25) is 0 Å². The quantitative estimate of drug-likeness (QED) is 0.907. The summed E-state index contributed by atoms with van der Waals surface area (Å²) < 4.78 is 13.5. The molecule has 0 bridgehead atoms. The summed E-state index contributed by atoms with van der Waals surface area (Å²) in [7, 11) is 0. The van der Waals surface area contributed by atoms with Gasteiger partial charge in [0, 0.05) is 5.69 Å². The summed E-state index contributed by atoms with van der Waals surface area (Å²) in [5.41, 5.74) is 0.645. The van der Waals surface area contributed by atoms with Crippen molar-refractivity contribution in [1.82, 2.24) is 0 Å². The average Bonchev–Trinajstić information content (AvgIpc) is 2.47. The molecule has 0 aromatic heterocycles. The van der Waals surface area contributed by atoms with Gasteiger partial charge in [0.1, 0.15) is 5.82 Å². The Labute approximate surface area is 121 Å². The number of hydrogen-bond donors (Lipinski definition) is 2. The molecule has 21 heavy (non-hydrogen) atoms. The van der Waals surface area contributed by atoms with E-state index in [4.69, 9.17) is 5.11 Å². The predicted octanol–water partition coefficient (Wildman–Crippen LogP) is 3.27. The standard InChI is InChI=1S/C16H14FNO3/c1-10(11-5-3-2-4-6-11)15(19)18-12-7-8-13(16(20)21)14(17)9-12/h2-10H,1H3,(H,18,19)(H,20,21). The lowest BCUT2D eigenvalue weighted by Gasteiger charge is -2.13. The number of amides is 1. The molecule has 2 N–H and O–H groups in total. The summed E-state index contributed by atoms with van der Waals surface area (Å²) in [6.45, 7) is 1.74. The van der Waals surface area contributed by atoms with Gasteiger partial charge >= 0.3 is 5.97 Å². The molecule has 2 aromatic carbocycles. The number of carboxylic acids is 1. The fourth-order valence-electron chi connectivity index (χ4n) is 1.91. The molecule has 0 aliphatic rings. The summed E-state index contributed by atoms with van der Waals surface area (Å²) in [6.07, 6.45) is 0. The molecule has 0 heterocycles. The first kappa shape index (κ1) is 14.7. The lowest BCUT2D eigenvalue weighted by atomic mass is 10.0. The lowest BCUT2D eigenvalue weighted by Crippen LogP contribution is -2.19. The van der Waals surface area contributed by atoms with Crippen LogP contribution in [0.1, 0.15) is 28.8 Å². The van der Waals surface area contributed by atoms with E-state index in [9.17, 15) is 14.0 Å². The first-order chi connectivity index (χ1) is 9.99. The van der Waals surface area contributed by atoms with Crippen LogP contribution in [-0.2, 0) is 4.79 Å². The normalized spacial score (nSPS) is 11.7. The van der Waals surface area contributed by atoms with Gasteiger partial charge in [-0.1, -0.05) is 30.3 Å². The van der Waals surface area contributed by atoms with Crippen molar-refractivity contribution in [2.75, 3.05) is 5.32 Å². The van der Waals surface area contributed by atoms with Gasteiger partial charge in [0.25, 0.3) is 0 Å². The Hall–Kier alpha value is -2.69. The molecule has 0 fully saturated rings. The van der Waals surface area contributed by atoms with Gasteiger partial charge in [-0.05, 0) is 30.7 Å². The maximum atomic E-state index is 13.5. The van der Waals surface area contributed by atoms with Crippen LogP contribution in [-0.4, -0.2) is 17.0 Å². The molecule has 0 spiro atoms. The second-order valence-corrected chi connectivity index (χ2v) is 4.62. The maximum Gasteiger partial charge on any atom is 0.338 e. The number of nitrogens with one attached hydrogen (secondary N) is 1. The highest BCUT2D eigenvalue weighted by atomic mass is 19.1. The predicted molar refractivity (Wildman–Crippen MR) is 76.8 cm³/mol. The third-order valence-corrected chi connectivity index (χ3v) is 3.16. The van der Waals surface area contributed by atoms with Gasteiger partial charge in [0.2, 0.25) is 5.91 Å². The third kappa shape index (κ3) is 3.45. The van der Waals surface area contributed by atoms with Crippen molar-refractivity contribution in [1.29, 1.82) is 0 Å². The van der Waals surface area contributed by atoms with E-state index in [0.29, 0.717) is 0 Å². The van der Waals surface area contributed by atoms with Gasteiger partial charge in [0.05, 0.1) is 11.5 Å². The van der Waals surface area contributed by atoms with Crippen molar-refractivity contribution in [3.8, 4) is 0 Å². The fraction of sp³-hybridized carbons (Fsp3) is 0.125. The fourth-order valence-corrected chi connectivity index (χ4v) is 1.91. The maximum absolute atomic E-state index is 13.5. The van der Waals surface area contributed by atoms with Crippen molar-refractivity contribution < 1.29 is 19.1 Å². The van der Waals surface area contributed by atoms with Crippen molar-refractivity contribution >= 4 is 17.6 Å². The number of aromatic carboxylic acids is 1. The van der Waals surface area contributed by atoms with E-state index in [1.165, 1.54) is 6.07 Å². The van der Waals surface area contributed by atoms with Crippen LogP contribution in [0.5, 0.6) is 0 Å². The van der Waals surface area contributed by atoms with Gasteiger partial charge in [0.15, 0.2) is 0 Å². The van der Waals surface area contributed by atoms with E-state index in [1.54, 1.807) is 6.92 Å². The van der Waals surface area contributed by atoms with Crippen LogP contribution in [0, 0.1) is 5.82 Å². The van der Waals surface area contributed by atoms with Gasteiger partial charge in [-0.25, -0.2) is 9.18 Å². The summed E-state index contributed by atoms with van der Waals surface area (Å²) in [6, 6.07) is 12.7. The van der Waals surface area contributed by atoms with E-state index in [1.807, 2.05) is 30.3 Å². The number of carbonyl (C=O) groups is 2. The Morgan fingerprint density at radius 3 is 2.38 bits per heavy atom. The van der Waals surface area contributed by atoms with Crippen molar-refractivity contribution in [3.05, 3.63) is 65.5 Å². The van der Waals surface area contributed by atoms with Gasteiger partial charge < -0.3 is 10.4 Å². The van der Waals surface area contributed by atoms with Gasteiger partial charge in [-0.15, -0.1) is 0 Å². The lowest BCUT2D eigenvalue weighted by molar-refractivity contribution is -0.117. The Morgan fingerprint density at radius 1 is 1.14 bits per heavy atom. The van der Waals surface area contributed by atoms with Crippen LogP contribution >= 0.6 is 0 Å². The largest absolute Gasteiger partial charge is 0.478 e.